The highest BCUT2D eigenvalue weighted by atomic mass is 32.1. The van der Waals surface area contributed by atoms with Gasteiger partial charge in [-0.2, -0.15) is 0 Å². The monoisotopic (exact) mass is 387 g/mol. The summed E-state index contributed by atoms with van der Waals surface area (Å²) >= 11 is 1.33. The van der Waals surface area contributed by atoms with Crippen molar-refractivity contribution in [2.24, 2.45) is 0 Å². The van der Waals surface area contributed by atoms with Crippen LogP contribution in [0.15, 0.2) is 72.1 Å². The zero-order valence-electron chi connectivity index (χ0n) is 15.2. The SMILES string of the molecule is Cc1cccc2c(C(=O)OCC(=O)c3cccs3)cc(-c3ccccc3)nc12. The maximum atomic E-state index is 12.8. The van der Waals surface area contributed by atoms with E-state index in [1.54, 1.807) is 18.2 Å². The van der Waals surface area contributed by atoms with E-state index in [4.69, 9.17) is 9.72 Å². The second kappa shape index (κ2) is 7.74. The first kappa shape index (κ1) is 18.1. The number of thiophene rings is 1. The molecule has 4 nitrogen and oxygen atoms in total. The number of fused-ring (bicyclic) bond motifs is 1. The standard InChI is InChI=1S/C23H17NO3S/c1-15-7-5-10-17-18(23(26)27-14-20(25)21-11-6-12-28-21)13-19(24-22(15)17)16-8-3-2-4-9-16/h2-13H,14H2,1H3. The summed E-state index contributed by atoms with van der Waals surface area (Å²) in [5.74, 6) is -0.735. The predicted molar refractivity (Wildman–Crippen MR) is 111 cm³/mol. The Morgan fingerprint density at radius 2 is 1.82 bits per heavy atom. The van der Waals surface area contributed by atoms with E-state index in [9.17, 15) is 9.59 Å². The van der Waals surface area contributed by atoms with Crippen LogP contribution in [0.1, 0.15) is 25.6 Å². The molecule has 138 valence electrons. The molecule has 4 aromatic rings. The molecule has 0 aliphatic rings. The van der Waals surface area contributed by atoms with Gasteiger partial charge in [0.15, 0.2) is 6.61 Å². The Morgan fingerprint density at radius 1 is 1.00 bits per heavy atom. The number of aromatic nitrogens is 1. The van der Waals surface area contributed by atoms with Crippen molar-refractivity contribution in [3.05, 3.63) is 88.1 Å². The van der Waals surface area contributed by atoms with Crippen molar-refractivity contribution in [1.29, 1.82) is 0 Å². The molecule has 0 bridgehead atoms. The lowest BCUT2D eigenvalue weighted by Gasteiger charge is -2.11. The van der Waals surface area contributed by atoms with Gasteiger partial charge in [0, 0.05) is 10.9 Å². The zero-order valence-corrected chi connectivity index (χ0v) is 16.0. The van der Waals surface area contributed by atoms with Crippen LogP contribution in [0.4, 0.5) is 0 Å². The number of esters is 1. The van der Waals surface area contributed by atoms with E-state index in [1.807, 2.05) is 60.8 Å². The molecule has 0 spiro atoms. The van der Waals surface area contributed by atoms with E-state index in [0.29, 0.717) is 21.5 Å². The van der Waals surface area contributed by atoms with E-state index < -0.39 is 5.97 Å². The fourth-order valence-electron chi connectivity index (χ4n) is 3.03. The average Bonchev–Trinajstić information content (AvgIpc) is 3.27. The largest absolute Gasteiger partial charge is 0.454 e. The molecule has 28 heavy (non-hydrogen) atoms. The summed E-state index contributed by atoms with van der Waals surface area (Å²) in [5, 5.41) is 2.54. The lowest BCUT2D eigenvalue weighted by Crippen LogP contribution is -2.14. The predicted octanol–water partition coefficient (Wildman–Crippen LogP) is 5.31. The zero-order chi connectivity index (χ0) is 19.5. The molecule has 0 aliphatic heterocycles. The third kappa shape index (κ3) is 3.57. The van der Waals surface area contributed by atoms with Gasteiger partial charge in [0.1, 0.15) is 0 Å². The second-order valence-corrected chi connectivity index (χ2v) is 7.32. The second-order valence-electron chi connectivity index (χ2n) is 6.37. The third-order valence-electron chi connectivity index (χ3n) is 4.46. The Balaban J connectivity index is 1.71. The highest BCUT2D eigenvalue weighted by Crippen LogP contribution is 2.27. The third-order valence-corrected chi connectivity index (χ3v) is 5.37. The summed E-state index contributed by atoms with van der Waals surface area (Å²) in [7, 11) is 0. The van der Waals surface area contributed by atoms with Gasteiger partial charge in [-0.05, 0) is 30.0 Å². The molecule has 0 saturated heterocycles. The van der Waals surface area contributed by atoms with E-state index in [0.717, 1.165) is 16.6 Å². The number of carbonyl (C=O) groups excluding carboxylic acids is 2. The summed E-state index contributed by atoms with van der Waals surface area (Å²) in [5.41, 5.74) is 3.74. The molecular weight excluding hydrogens is 370 g/mol. The lowest BCUT2D eigenvalue weighted by molar-refractivity contribution is 0.0478. The first-order chi connectivity index (χ1) is 13.6. The van der Waals surface area contributed by atoms with E-state index in [-0.39, 0.29) is 12.4 Å². The van der Waals surface area contributed by atoms with Crippen LogP contribution in [0.2, 0.25) is 0 Å². The lowest BCUT2D eigenvalue weighted by atomic mass is 10.0. The molecule has 2 aromatic carbocycles. The average molecular weight is 387 g/mol. The molecule has 0 saturated carbocycles. The van der Waals surface area contributed by atoms with Crippen LogP contribution < -0.4 is 0 Å². The van der Waals surface area contributed by atoms with Crippen molar-refractivity contribution >= 4 is 34.0 Å². The van der Waals surface area contributed by atoms with Crippen molar-refractivity contribution in [2.45, 2.75) is 6.92 Å². The van der Waals surface area contributed by atoms with Gasteiger partial charge in [0.25, 0.3) is 0 Å². The molecule has 0 radical (unpaired) electrons. The molecule has 2 heterocycles. The number of para-hydroxylation sites is 1. The summed E-state index contributed by atoms with van der Waals surface area (Å²) in [6, 6.07) is 20.6. The van der Waals surface area contributed by atoms with Crippen LogP contribution in [0.3, 0.4) is 0 Å². The molecule has 0 atom stereocenters. The van der Waals surface area contributed by atoms with E-state index >= 15 is 0 Å². The summed E-state index contributed by atoms with van der Waals surface area (Å²) in [6.45, 7) is 1.68. The maximum absolute atomic E-state index is 12.8. The Bertz CT molecular complexity index is 1150. The number of aryl methyl sites for hydroxylation is 1. The topological polar surface area (TPSA) is 56.3 Å². The quantitative estimate of drug-likeness (QED) is 0.344. The van der Waals surface area contributed by atoms with Gasteiger partial charge < -0.3 is 4.74 Å². The van der Waals surface area contributed by atoms with Gasteiger partial charge in [0.05, 0.1) is 21.7 Å². The number of Topliss-reactive ketones (excluding diaryl/α,β-unsaturated/α-hetero) is 1. The molecule has 0 N–H and O–H groups in total. The normalized spacial score (nSPS) is 10.8. The molecule has 2 aromatic heterocycles. The molecule has 0 amide bonds. The summed E-state index contributed by atoms with van der Waals surface area (Å²) in [6.07, 6.45) is 0. The number of rotatable bonds is 5. The van der Waals surface area contributed by atoms with Crippen molar-refractivity contribution < 1.29 is 14.3 Å². The highest BCUT2D eigenvalue weighted by molar-refractivity contribution is 7.12. The molecule has 0 fully saturated rings. The molecule has 4 rings (SSSR count). The van der Waals surface area contributed by atoms with Gasteiger partial charge in [-0.15, -0.1) is 11.3 Å². The van der Waals surface area contributed by atoms with Gasteiger partial charge in [-0.3, -0.25) is 4.79 Å². The van der Waals surface area contributed by atoms with Gasteiger partial charge >= 0.3 is 5.97 Å². The number of ether oxygens (including phenoxy) is 1. The first-order valence-corrected chi connectivity index (χ1v) is 9.71. The van der Waals surface area contributed by atoms with Crippen molar-refractivity contribution in [2.75, 3.05) is 6.61 Å². The Hall–Kier alpha value is -3.31. The molecule has 5 heteroatoms. The van der Waals surface area contributed by atoms with Crippen molar-refractivity contribution in [3.8, 4) is 11.3 Å². The van der Waals surface area contributed by atoms with Crippen LogP contribution in [0.5, 0.6) is 0 Å². The van der Waals surface area contributed by atoms with E-state index in [1.165, 1.54) is 11.3 Å². The number of nitrogens with zero attached hydrogens (tertiary/aromatic N) is 1. The summed E-state index contributed by atoms with van der Waals surface area (Å²) < 4.78 is 5.34. The van der Waals surface area contributed by atoms with E-state index in [2.05, 4.69) is 0 Å². The molecular formula is C23H17NO3S. The Kier molecular flexibility index (Phi) is 5.00. The van der Waals surface area contributed by atoms with Crippen LogP contribution in [0, 0.1) is 6.92 Å². The minimum atomic E-state index is -0.528. The Morgan fingerprint density at radius 3 is 2.57 bits per heavy atom. The van der Waals surface area contributed by atoms with Gasteiger partial charge in [-0.1, -0.05) is 54.6 Å². The highest BCUT2D eigenvalue weighted by Gasteiger charge is 2.18. The minimum Gasteiger partial charge on any atom is -0.454 e. The Labute approximate surface area is 166 Å². The maximum Gasteiger partial charge on any atom is 0.339 e. The number of ketones is 1. The molecule has 0 aliphatic carbocycles. The fourth-order valence-corrected chi connectivity index (χ4v) is 3.69. The van der Waals surface area contributed by atoms with Crippen molar-refractivity contribution in [3.63, 3.8) is 0 Å². The number of carbonyl (C=O) groups is 2. The van der Waals surface area contributed by atoms with Crippen molar-refractivity contribution in [1.82, 2.24) is 4.98 Å². The molecule has 0 unspecified atom stereocenters. The van der Waals surface area contributed by atoms with Crippen LogP contribution in [0.25, 0.3) is 22.2 Å². The number of hydrogen-bond donors (Lipinski definition) is 0. The number of benzene rings is 2. The number of pyridine rings is 1. The first-order valence-electron chi connectivity index (χ1n) is 8.83. The number of hydrogen-bond acceptors (Lipinski definition) is 5. The van der Waals surface area contributed by atoms with Crippen LogP contribution >= 0.6 is 11.3 Å². The fraction of sp³-hybridized carbons (Fsp3) is 0.0870. The minimum absolute atomic E-state index is 0.207. The van der Waals surface area contributed by atoms with Crippen LogP contribution in [-0.2, 0) is 4.74 Å². The van der Waals surface area contributed by atoms with Gasteiger partial charge in [-0.25, -0.2) is 9.78 Å². The van der Waals surface area contributed by atoms with Gasteiger partial charge in [0.2, 0.25) is 5.78 Å². The summed E-state index contributed by atoms with van der Waals surface area (Å²) in [4.78, 5) is 30.3. The van der Waals surface area contributed by atoms with Crippen LogP contribution in [-0.4, -0.2) is 23.3 Å². The smallest absolute Gasteiger partial charge is 0.339 e.